The molecule has 2 aliphatic heterocycles. The molecule has 26 heavy (non-hydrogen) atoms. The molecule has 1 unspecified atom stereocenters. The van der Waals surface area contributed by atoms with Crippen LogP contribution in [0.25, 0.3) is 0 Å². The van der Waals surface area contributed by atoms with Gasteiger partial charge in [-0.3, -0.25) is 14.4 Å². The SMILES string of the molecule is CCC(C)(C)NC(=O)C1CCN(C(=O)C2CC(=O)N(C(C)(C)C)C2)CC1. The van der Waals surface area contributed by atoms with Gasteiger partial charge in [-0.25, -0.2) is 0 Å². The third-order valence-corrected chi connectivity index (χ3v) is 5.81. The van der Waals surface area contributed by atoms with Crippen LogP contribution >= 0.6 is 0 Å². The number of likely N-dealkylation sites (tertiary alicyclic amines) is 2. The number of hydrogen-bond acceptors (Lipinski definition) is 3. The van der Waals surface area contributed by atoms with Gasteiger partial charge in [-0.05, 0) is 53.9 Å². The fourth-order valence-electron chi connectivity index (χ4n) is 3.67. The zero-order chi connectivity index (χ0) is 19.7. The molecule has 0 radical (unpaired) electrons. The summed E-state index contributed by atoms with van der Waals surface area (Å²) in [4.78, 5) is 41.1. The standard InChI is InChI=1S/C20H35N3O3/c1-7-20(5,6)21-17(25)14-8-10-22(11-9-14)18(26)15-12-16(24)23(13-15)19(2,3)4/h14-15H,7-13H2,1-6H3,(H,21,25). The van der Waals surface area contributed by atoms with Gasteiger partial charge in [-0.15, -0.1) is 0 Å². The molecule has 148 valence electrons. The summed E-state index contributed by atoms with van der Waals surface area (Å²) in [5.41, 5.74) is -0.437. The van der Waals surface area contributed by atoms with Gasteiger partial charge in [-0.1, -0.05) is 6.92 Å². The average Bonchev–Trinajstić information content (AvgIpc) is 2.96. The van der Waals surface area contributed by atoms with Gasteiger partial charge in [0.05, 0.1) is 5.92 Å². The summed E-state index contributed by atoms with van der Waals surface area (Å²) in [5, 5.41) is 3.11. The lowest BCUT2D eigenvalue weighted by molar-refractivity contribution is -0.139. The summed E-state index contributed by atoms with van der Waals surface area (Å²) in [6.07, 6.45) is 2.58. The number of nitrogens with one attached hydrogen (secondary N) is 1. The number of hydrogen-bond donors (Lipinski definition) is 1. The monoisotopic (exact) mass is 365 g/mol. The quantitative estimate of drug-likeness (QED) is 0.830. The van der Waals surface area contributed by atoms with Gasteiger partial charge in [0, 0.05) is 43.1 Å². The molecule has 1 N–H and O–H groups in total. The molecule has 0 aromatic rings. The molecule has 0 bridgehead atoms. The van der Waals surface area contributed by atoms with Crippen LogP contribution in [0, 0.1) is 11.8 Å². The van der Waals surface area contributed by atoms with Crippen molar-refractivity contribution in [2.45, 2.75) is 78.3 Å². The summed E-state index contributed by atoms with van der Waals surface area (Å²) in [7, 11) is 0. The molecular weight excluding hydrogens is 330 g/mol. The summed E-state index contributed by atoms with van der Waals surface area (Å²) < 4.78 is 0. The summed E-state index contributed by atoms with van der Waals surface area (Å²) in [6, 6.07) is 0. The maximum Gasteiger partial charge on any atom is 0.227 e. The van der Waals surface area contributed by atoms with E-state index in [9.17, 15) is 14.4 Å². The van der Waals surface area contributed by atoms with E-state index in [4.69, 9.17) is 0 Å². The Labute approximate surface area is 157 Å². The third-order valence-electron chi connectivity index (χ3n) is 5.81. The Morgan fingerprint density at radius 3 is 2.12 bits per heavy atom. The van der Waals surface area contributed by atoms with E-state index in [2.05, 4.69) is 12.2 Å². The van der Waals surface area contributed by atoms with E-state index in [1.807, 2.05) is 44.4 Å². The Hall–Kier alpha value is -1.59. The van der Waals surface area contributed by atoms with E-state index in [0.717, 1.165) is 6.42 Å². The molecule has 2 heterocycles. The highest BCUT2D eigenvalue weighted by atomic mass is 16.2. The van der Waals surface area contributed by atoms with E-state index in [0.29, 0.717) is 38.9 Å². The highest BCUT2D eigenvalue weighted by molar-refractivity contribution is 5.90. The second-order valence-electron chi connectivity index (χ2n) is 9.40. The van der Waals surface area contributed by atoms with Crippen LogP contribution in [0.5, 0.6) is 0 Å². The smallest absolute Gasteiger partial charge is 0.227 e. The van der Waals surface area contributed by atoms with Crippen molar-refractivity contribution in [3.05, 3.63) is 0 Å². The van der Waals surface area contributed by atoms with Crippen LogP contribution in [-0.4, -0.2) is 58.2 Å². The number of amides is 3. The molecule has 0 aromatic carbocycles. The highest BCUT2D eigenvalue weighted by Crippen LogP contribution is 2.28. The Morgan fingerprint density at radius 1 is 1.08 bits per heavy atom. The fraction of sp³-hybridized carbons (Fsp3) is 0.850. The minimum atomic E-state index is -0.247. The van der Waals surface area contributed by atoms with Gasteiger partial charge < -0.3 is 15.1 Å². The molecule has 0 aromatic heterocycles. The second-order valence-corrected chi connectivity index (χ2v) is 9.40. The van der Waals surface area contributed by atoms with Crippen LogP contribution in [0.4, 0.5) is 0 Å². The van der Waals surface area contributed by atoms with Crippen LogP contribution in [-0.2, 0) is 14.4 Å². The third kappa shape index (κ3) is 4.77. The first-order valence-corrected chi connectivity index (χ1v) is 9.86. The Balaban J connectivity index is 1.87. The Kier molecular flexibility index (Phi) is 6.03. The Bertz CT molecular complexity index is 557. The van der Waals surface area contributed by atoms with E-state index >= 15 is 0 Å². The van der Waals surface area contributed by atoms with Crippen molar-refractivity contribution in [1.82, 2.24) is 15.1 Å². The molecule has 2 saturated heterocycles. The highest BCUT2D eigenvalue weighted by Gasteiger charge is 2.41. The van der Waals surface area contributed by atoms with Gasteiger partial charge in [0.2, 0.25) is 17.7 Å². The summed E-state index contributed by atoms with van der Waals surface area (Å²) >= 11 is 0. The topological polar surface area (TPSA) is 69.7 Å². The zero-order valence-corrected chi connectivity index (χ0v) is 17.2. The van der Waals surface area contributed by atoms with Crippen LogP contribution in [0.3, 0.4) is 0 Å². The first-order valence-electron chi connectivity index (χ1n) is 9.86. The van der Waals surface area contributed by atoms with Crippen molar-refractivity contribution < 1.29 is 14.4 Å². The van der Waals surface area contributed by atoms with Crippen molar-refractivity contribution in [2.75, 3.05) is 19.6 Å². The second kappa shape index (κ2) is 7.57. The minimum Gasteiger partial charge on any atom is -0.351 e. The van der Waals surface area contributed by atoms with Crippen LogP contribution in [0.2, 0.25) is 0 Å². The average molecular weight is 366 g/mol. The van der Waals surface area contributed by atoms with Gasteiger partial charge in [0.1, 0.15) is 0 Å². The van der Waals surface area contributed by atoms with Gasteiger partial charge in [-0.2, -0.15) is 0 Å². The van der Waals surface area contributed by atoms with Crippen molar-refractivity contribution in [3.63, 3.8) is 0 Å². The molecule has 2 aliphatic rings. The van der Waals surface area contributed by atoms with E-state index < -0.39 is 0 Å². The molecular formula is C20H35N3O3. The predicted molar refractivity (Wildman–Crippen MR) is 101 cm³/mol. The zero-order valence-electron chi connectivity index (χ0n) is 17.2. The molecule has 0 aliphatic carbocycles. The number of rotatable bonds is 4. The predicted octanol–water partition coefficient (Wildman–Crippen LogP) is 2.18. The first kappa shape index (κ1) is 20.7. The van der Waals surface area contributed by atoms with E-state index in [1.165, 1.54) is 0 Å². The van der Waals surface area contributed by atoms with Crippen LogP contribution in [0.1, 0.15) is 67.2 Å². The number of piperidine rings is 1. The minimum absolute atomic E-state index is 0.0267. The molecule has 0 spiro atoms. The molecule has 1 atom stereocenters. The van der Waals surface area contributed by atoms with E-state index in [1.54, 1.807) is 0 Å². The number of carbonyl (C=O) groups excluding carboxylic acids is 3. The Morgan fingerprint density at radius 2 is 1.65 bits per heavy atom. The normalized spacial score (nSPS) is 22.7. The molecule has 2 fully saturated rings. The van der Waals surface area contributed by atoms with E-state index in [-0.39, 0.29) is 40.6 Å². The molecule has 0 saturated carbocycles. The van der Waals surface area contributed by atoms with Crippen molar-refractivity contribution in [1.29, 1.82) is 0 Å². The van der Waals surface area contributed by atoms with Crippen LogP contribution < -0.4 is 5.32 Å². The van der Waals surface area contributed by atoms with Crippen molar-refractivity contribution >= 4 is 17.7 Å². The van der Waals surface area contributed by atoms with Gasteiger partial charge in [0.15, 0.2) is 0 Å². The lowest BCUT2D eigenvalue weighted by atomic mass is 9.92. The fourth-order valence-corrected chi connectivity index (χ4v) is 3.67. The maximum absolute atomic E-state index is 12.8. The molecule has 6 heteroatoms. The van der Waals surface area contributed by atoms with Crippen LogP contribution in [0.15, 0.2) is 0 Å². The lowest BCUT2D eigenvalue weighted by Gasteiger charge is -2.35. The number of carbonyl (C=O) groups is 3. The summed E-state index contributed by atoms with van der Waals surface area (Å²) in [5.74, 6) is -0.0454. The largest absolute Gasteiger partial charge is 0.351 e. The first-order chi connectivity index (χ1) is 11.9. The van der Waals surface area contributed by atoms with Crippen molar-refractivity contribution in [2.24, 2.45) is 11.8 Å². The molecule has 2 rings (SSSR count). The van der Waals surface area contributed by atoms with Gasteiger partial charge in [0.25, 0.3) is 0 Å². The maximum atomic E-state index is 12.8. The lowest BCUT2D eigenvalue weighted by Crippen LogP contribution is -2.50. The van der Waals surface area contributed by atoms with Gasteiger partial charge >= 0.3 is 0 Å². The number of nitrogens with zero attached hydrogens (tertiary/aromatic N) is 2. The van der Waals surface area contributed by atoms with Crippen molar-refractivity contribution in [3.8, 4) is 0 Å². The molecule has 6 nitrogen and oxygen atoms in total. The molecule has 3 amide bonds. The summed E-state index contributed by atoms with van der Waals surface area (Å²) in [6.45, 7) is 13.8.